The van der Waals surface area contributed by atoms with Gasteiger partial charge < -0.3 is 5.11 Å². The second-order valence-corrected chi connectivity index (χ2v) is 4.06. The standard InChI is InChI=1S/C10H7NO2.C6H4N2/c12-10(13)8-3-4-9-7(6-8)2-1-5-11-9;7-5-6-1-3-8-4-2-6/h1-6H,(H,12,13);1-4H. The van der Waals surface area contributed by atoms with E-state index in [0.717, 1.165) is 10.9 Å². The lowest BCUT2D eigenvalue weighted by atomic mass is 10.1. The molecule has 3 aromatic rings. The molecular formula is C16H11N3O2. The number of nitrogens with zero attached hydrogens (tertiary/aromatic N) is 3. The van der Waals surface area contributed by atoms with Crippen LogP contribution in [0.4, 0.5) is 0 Å². The Bertz CT molecular complexity index is 795. The third-order valence-corrected chi connectivity index (χ3v) is 2.66. The maximum atomic E-state index is 10.6. The summed E-state index contributed by atoms with van der Waals surface area (Å²) in [6.07, 6.45) is 4.87. The van der Waals surface area contributed by atoms with Crippen LogP contribution in [-0.2, 0) is 0 Å². The lowest BCUT2D eigenvalue weighted by molar-refractivity contribution is 0.0697. The summed E-state index contributed by atoms with van der Waals surface area (Å²) < 4.78 is 0. The minimum absolute atomic E-state index is 0.292. The number of carbonyl (C=O) groups is 1. The van der Waals surface area contributed by atoms with Crippen molar-refractivity contribution >= 4 is 16.9 Å². The van der Waals surface area contributed by atoms with Gasteiger partial charge in [0.05, 0.1) is 22.7 Å². The molecule has 0 spiro atoms. The number of rotatable bonds is 1. The van der Waals surface area contributed by atoms with Gasteiger partial charge in [0.2, 0.25) is 0 Å². The van der Waals surface area contributed by atoms with Crippen LogP contribution in [0.3, 0.4) is 0 Å². The molecule has 0 radical (unpaired) electrons. The van der Waals surface area contributed by atoms with Crippen molar-refractivity contribution in [3.05, 3.63) is 72.2 Å². The smallest absolute Gasteiger partial charge is 0.335 e. The zero-order valence-electron chi connectivity index (χ0n) is 11.0. The molecule has 2 heterocycles. The van der Waals surface area contributed by atoms with E-state index < -0.39 is 5.97 Å². The lowest BCUT2D eigenvalue weighted by Gasteiger charge is -1.97. The van der Waals surface area contributed by atoms with E-state index in [1.54, 1.807) is 55.0 Å². The van der Waals surface area contributed by atoms with E-state index in [4.69, 9.17) is 10.4 Å². The number of aromatic nitrogens is 2. The first-order valence-electron chi connectivity index (χ1n) is 6.09. The fourth-order valence-electron chi connectivity index (χ4n) is 1.64. The predicted octanol–water partition coefficient (Wildman–Crippen LogP) is 2.89. The maximum Gasteiger partial charge on any atom is 0.335 e. The number of hydrogen-bond acceptors (Lipinski definition) is 4. The fourth-order valence-corrected chi connectivity index (χ4v) is 1.64. The van der Waals surface area contributed by atoms with Crippen molar-refractivity contribution in [2.45, 2.75) is 0 Å². The highest BCUT2D eigenvalue weighted by Gasteiger charge is 2.02. The van der Waals surface area contributed by atoms with Crippen LogP contribution < -0.4 is 0 Å². The largest absolute Gasteiger partial charge is 0.478 e. The van der Waals surface area contributed by atoms with E-state index in [2.05, 4.69) is 9.97 Å². The molecule has 5 nitrogen and oxygen atoms in total. The summed E-state index contributed by atoms with van der Waals surface area (Å²) in [7, 11) is 0. The van der Waals surface area contributed by atoms with Crippen LogP contribution in [0, 0.1) is 11.3 Å². The normalized spacial score (nSPS) is 9.29. The van der Waals surface area contributed by atoms with Crippen LogP contribution in [0.5, 0.6) is 0 Å². The third kappa shape index (κ3) is 3.85. The summed E-state index contributed by atoms with van der Waals surface area (Å²) in [5.74, 6) is -0.911. The molecular weight excluding hydrogens is 266 g/mol. The van der Waals surface area contributed by atoms with Gasteiger partial charge in [0.15, 0.2) is 0 Å². The quantitative estimate of drug-likeness (QED) is 0.739. The average molecular weight is 277 g/mol. The molecule has 1 aromatic carbocycles. The summed E-state index contributed by atoms with van der Waals surface area (Å²) in [4.78, 5) is 18.5. The molecule has 0 saturated heterocycles. The molecule has 0 atom stereocenters. The van der Waals surface area contributed by atoms with Gasteiger partial charge in [-0.3, -0.25) is 9.97 Å². The van der Waals surface area contributed by atoms with Gasteiger partial charge in [-0.1, -0.05) is 6.07 Å². The second-order valence-electron chi connectivity index (χ2n) is 4.06. The second kappa shape index (κ2) is 6.78. The monoisotopic (exact) mass is 277 g/mol. The predicted molar refractivity (Wildman–Crippen MR) is 77.7 cm³/mol. The Morgan fingerprint density at radius 3 is 2.48 bits per heavy atom. The van der Waals surface area contributed by atoms with Gasteiger partial charge in [-0.05, 0) is 36.4 Å². The molecule has 21 heavy (non-hydrogen) atoms. The molecule has 0 unspecified atom stereocenters. The lowest BCUT2D eigenvalue weighted by Crippen LogP contribution is -1.95. The fraction of sp³-hybridized carbons (Fsp3) is 0. The summed E-state index contributed by atoms with van der Waals surface area (Å²) in [6, 6.07) is 13.8. The Morgan fingerprint density at radius 2 is 1.86 bits per heavy atom. The number of fused-ring (bicyclic) bond motifs is 1. The molecule has 0 fully saturated rings. The first-order chi connectivity index (χ1) is 10.2. The Labute approximate surface area is 121 Å². The van der Waals surface area contributed by atoms with Gasteiger partial charge in [0.1, 0.15) is 0 Å². The minimum Gasteiger partial charge on any atom is -0.478 e. The van der Waals surface area contributed by atoms with E-state index in [9.17, 15) is 4.79 Å². The molecule has 0 aliphatic rings. The van der Waals surface area contributed by atoms with E-state index >= 15 is 0 Å². The van der Waals surface area contributed by atoms with Crippen LogP contribution in [-0.4, -0.2) is 21.0 Å². The SMILES string of the molecule is N#Cc1ccncc1.O=C(O)c1ccc2ncccc2c1. The molecule has 3 rings (SSSR count). The third-order valence-electron chi connectivity index (χ3n) is 2.66. The highest BCUT2D eigenvalue weighted by atomic mass is 16.4. The van der Waals surface area contributed by atoms with Gasteiger partial charge in [-0.25, -0.2) is 4.79 Å². The molecule has 5 heteroatoms. The zero-order valence-corrected chi connectivity index (χ0v) is 11.0. The summed E-state index contributed by atoms with van der Waals surface area (Å²) in [5, 5.41) is 17.8. The van der Waals surface area contributed by atoms with E-state index in [0.29, 0.717) is 11.1 Å². The molecule has 0 amide bonds. The zero-order chi connectivity index (χ0) is 15.1. The number of benzene rings is 1. The molecule has 0 bridgehead atoms. The summed E-state index contributed by atoms with van der Waals surface area (Å²) >= 11 is 0. The van der Waals surface area contributed by atoms with Gasteiger partial charge in [-0.15, -0.1) is 0 Å². The highest BCUT2D eigenvalue weighted by molar-refractivity contribution is 5.93. The number of carboxylic acid groups (broad SMARTS) is 1. The topological polar surface area (TPSA) is 86.9 Å². The summed E-state index contributed by atoms with van der Waals surface area (Å²) in [6.45, 7) is 0. The van der Waals surface area contributed by atoms with Gasteiger partial charge in [0.25, 0.3) is 0 Å². The maximum absolute atomic E-state index is 10.6. The number of hydrogen-bond donors (Lipinski definition) is 1. The number of aromatic carboxylic acids is 1. The van der Waals surface area contributed by atoms with E-state index in [-0.39, 0.29) is 0 Å². The number of carboxylic acids is 1. The van der Waals surface area contributed by atoms with Crippen molar-refractivity contribution in [1.82, 2.24) is 9.97 Å². The van der Waals surface area contributed by atoms with Gasteiger partial charge in [-0.2, -0.15) is 5.26 Å². The van der Waals surface area contributed by atoms with Crippen LogP contribution in [0.15, 0.2) is 61.1 Å². The first kappa shape index (κ1) is 14.2. The molecule has 0 aliphatic carbocycles. The average Bonchev–Trinajstić information content (AvgIpc) is 2.55. The molecule has 0 aliphatic heterocycles. The molecule has 0 saturated carbocycles. The van der Waals surface area contributed by atoms with E-state index in [1.165, 1.54) is 0 Å². The van der Waals surface area contributed by atoms with Crippen molar-refractivity contribution in [3.8, 4) is 6.07 Å². The minimum atomic E-state index is -0.911. The first-order valence-corrected chi connectivity index (χ1v) is 6.09. The van der Waals surface area contributed by atoms with Crippen molar-refractivity contribution in [3.63, 3.8) is 0 Å². The van der Waals surface area contributed by atoms with Gasteiger partial charge in [0, 0.05) is 24.0 Å². The van der Waals surface area contributed by atoms with Crippen LogP contribution in [0.1, 0.15) is 15.9 Å². The summed E-state index contributed by atoms with van der Waals surface area (Å²) in [5.41, 5.74) is 1.76. The molecule has 2 aromatic heterocycles. The Morgan fingerprint density at radius 1 is 1.10 bits per heavy atom. The van der Waals surface area contributed by atoms with Crippen molar-refractivity contribution in [2.75, 3.05) is 0 Å². The molecule has 1 N–H and O–H groups in total. The Balaban J connectivity index is 0.000000173. The Kier molecular flexibility index (Phi) is 4.57. The van der Waals surface area contributed by atoms with Crippen LogP contribution in [0.2, 0.25) is 0 Å². The number of nitriles is 1. The highest BCUT2D eigenvalue weighted by Crippen LogP contribution is 2.12. The van der Waals surface area contributed by atoms with Crippen molar-refractivity contribution < 1.29 is 9.90 Å². The van der Waals surface area contributed by atoms with Crippen LogP contribution >= 0.6 is 0 Å². The van der Waals surface area contributed by atoms with E-state index in [1.807, 2.05) is 12.1 Å². The Hall–Kier alpha value is -3.26. The van der Waals surface area contributed by atoms with Crippen molar-refractivity contribution in [2.24, 2.45) is 0 Å². The number of pyridine rings is 2. The van der Waals surface area contributed by atoms with Crippen molar-refractivity contribution in [1.29, 1.82) is 5.26 Å². The van der Waals surface area contributed by atoms with Crippen LogP contribution in [0.25, 0.3) is 10.9 Å². The molecule has 102 valence electrons. The van der Waals surface area contributed by atoms with Gasteiger partial charge >= 0.3 is 5.97 Å².